The van der Waals surface area contributed by atoms with Gasteiger partial charge in [-0.3, -0.25) is 0 Å². The van der Waals surface area contributed by atoms with Gasteiger partial charge in [0.2, 0.25) is 0 Å². The van der Waals surface area contributed by atoms with Crippen LogP contribution in [0, 0.1) is 0 Å². The van der Waals surface area contributed by atoms with E-state index in [1.54, 1.807) is 25.6 Å². The fourth-order valence-corrected chi connectivity index (χ4v) is 2.53. The van der Waals surface area contributed by atoms with Crippen molar-refractivity contribution in [2.24, 2.45) is 0 Å². The van der Waals surface area contributed by atoms with E-state index in [0.717, 1.165) is 30.0 Å². The molecule has 0 aliphatic rings. The van der Waals surface area contributed by atoms with Gasteiger partial charge in [-0.05, 0) is 36.4 Å². The molecule has 5 nitrogen and oxygen atoms in total. The van der Waals surface area contributed by atoms with E-state index in [1.165, 1.54) is 0 Å². The second kappa shape index (κ2) is 8.55. The van der Waals surface area contributed by atoms with Crippen LogP contribution in [0.4, 0.5) is 0 Å². The average molecular weight is 360 g/mol. The van der Waals surface area contributed by atoms with Crippen LogP contribution in [0.1, 0.15) is 16.9 Å². The number of nitrogens with two attached hydrogens (primary N) is 1. The number of ether oxygens (including phenoxy) is 2. The maximum absolute atomic E-state index is 5.84. The van der Waals surface area contributed by atoms with E-state index in [0.29, 0.717) is 23.3 Å². The molecule has 2 N–H and O–H groups in total. The number of rotatable bonds is 8. The Balaban J connectivity index is 1.57. The van der Waals surface area contributed by atoms with Gasteiger partial charge in [-0.15, -0.1) is 0 Å². The molecule has 0 atom stereocenters. The van der Waals surface area contributed by atoms with Crippen molar-refractivity contribution >= 4 is 11.6 Å². The number of hydrogen-bond acceptors (Lipinski definition) is 4. The zero-order chi connectivity index (χ0) is 17.5. The quantitative estimate of drug-likeness (QED) is 0.627. The van der Waals surface area contributed by atoms with Crippen molar-refractivity contribution in [3.8, 4) is 11.5 Å². The van der Waals surface area contributed by atoms with E-state index in [4.69, 9.17) is 25.5 Å². The fraction of sp³-hybridized carbons (Fsp3) is 0.211. The molecular weight excluding hydrogens is 340 g/mol. The lowest BCUT2D eigenvalue weighted by atomic mass is 10.2. The van der Waals surface area contributed by atoms with Crippen molar-refractivity contribution in [3.05, 3.63) is 77.0 Å². The van der Waals surface area contributed by atoms with Gasteiger partial charge in [0.1, 0.15) is 24.8 Å². The number of halogens is 1. The zero-order valence-corrected chi connectivity index (χ0v) is 14.7. The van der Waals surface area contributed by atoms with Gasteiger partial charge in [-0.1, -0.05) is 17.7 Å². The van der Waals surface area contributed by atoms with Crippen LogP contribution in [0.25, 0.3) is 0 Å². The minimum Gasteiger partial charge on any atom is -0.493 e. The molecule has 6 heteroatoms. The summed E-state index contributed by atoms with van der Waals surface area (Å²) in [5.74, 6) is 2.38. The highest BCUT2D eigenvalue weighted by Crippen LogP contribution is 2.28. The number of pyridine rings is 1. The molecule has 2 aromatic heterocycles. The molecule has 0 aliphatic heterocycles. The Morgan fingerprint density at radius 1 is 1.08 bits per heavy atom. The SMILES string of the molecule is COc1cc(C[NH2+]Cc2ccco2)ccc1OCc1ccc(Cl)nc1. The highest BCUT2D eigenvalue weighted by Gasteiger charge is 2.08. The van der Waals surface area contributed by atoms with E-state index in [1.807, 2.05) is 36.4 Å². The van der Waals surface area contributed by atoms with Crippen molar-refractivity contribution in [1.29, 1.82) is 0 Å². The van der Waals surface area contributed by atoms with Gasteiger partial charge in [0.25, 0.3) is 0 Å². The molecule has 0 saturated heterocycles. The molecule has 0 radical (unpaired) electrons. The molecule has 0 saturated carbocycles. The molecule has 25 heavy (non-hydrogen) atoms. The van der Waals surface area contributed by atoms with E-state index >= 15 is 0 Å². The molecule has 130 valence electrons. The lowest BCUT2D eigenvalue weighted by molar-refractivity contribution is -0.688. The third-order valence-corrected chi connectivity index (χ3v) is 3.94. The minimum atomic E-state index is 0.407. The molecule has 0 amide bonds. The van der Waals surface area contributed by atoms with Gasteiger partial charge in [0, 0.05) is 17.3 Å². The lowest BCUT2D eigenvalue weighted by Gasteiger charge is -2.12. The first-order valence-electron chi connectivity index (χ1n) is 7.99. The van der Waals surface area contributed by atoms with Crippen LogP contribution in [0.2, 0.25) is 5.15 Å². The Morgan fingerprint density at radius 3 is 2.68 bits per heavy atom. The van der Waals surface area contributed by atoms with Gasteiger partial charge in [-0.2, -0.15) is 0 Å². The van der Waals surface area contributed by atoms with Crippen molar-refractivity contribution in [1.82, 2.24) is 4.98 Å². The maximum Gasteiger partial charge on any atom is 0.161 e. The molecule has 0 unspecified atom stereocenters. The van der Waals surface area contributed by atoms with Gasteiger partial charge in [-0.25, -0.2) is 4.98 Å². The molecule has 0 bridgehead atoms. The number of hydrogen-bond donors (Lipinski definition) is 1. The van der Waals surface area contributed by atoms with Crippen molar-refractivity contribution in [2.45, 2.75) is 19.7 Å². The molecule has 0 fully saturated rings. The summed E-state index contributed by atoms with van der Waals surface area (Å²) in [6.07, 6.45) is 3.39. The molecule has 3 aromatic rings. The fourth-order valence-electron chi connectivity index (χ4n) is 2.42. The van der Waals surface area contributed by atoms with Gasteiger partial charge < -0.3 is 19.2 Å². The second-order valence-electron chi connectivity index (χ2n) is 5.54. The molecule has 2 heterocycles. The first-order valence-corrected chi connectivity index (χ1v) is 8.36. The van der Waals surface area contributed by atoms with E-state index in [-0.39, 0.29) is 0 Å². The first-order chi connectivity index (χ1) is 12.2. The van der Waals surface area contributed by atoms with Gasteiger partial charge in [0.15, 0.2) is 17.3 Å². The third kappa shape index (κ3) is 4.98. The monoisotopic (exact) mass is 359 g/mol. The lowest BCUT2D eigenvalue weighted by Crippen LogP contribution is -2.80. The summed E-state index contributed by atoms with van der Waals surface area (Å²) in [4.78, 5) is 4.05. The molecule has 1 aromatic carbocycles. The molecule has 3 rings (SSSR count). The molecule has 0 spiro atoms. The van der Waals surface area contributed by atoms with Crippen molar-refractivity contribution in [2.75, 3.05) is 7.11 Å². The van der Waals surface area contributed by atoms with Crippen LogP contribution < -0.4 is 14.8 Å². The number of methoxy groups -OCH3 is 1. The Labute approximate surface area is 151 Å². The van der Waals surface area contributed by atoms with Crippen molar-refractivity contribution in [3.63, 3.8) is 0 Å². The van der Waals surface area contributed by atoms with E-state index in [2.05, 4.69) is 10.3 Å². The van der Waals surface area contributed by atoms with E-state index < -0.39 is 0 Å². The Hall–Kier alpha value is -2.50. The molecular formula is C19H20ClN2O3+. The summed E-state index contributed by atoms with van der Waals surface area (Å²) in [6.45, 7) is 2.04. The summed E-state index contributed by atoms with van der Waals surface area (Å²) in [5, 5.41) is 2.64. The summed E-state index contributed by atoms with van der Waals surface area (Å²) < 4.78 is 16.6. The largest absolute Gasteiger partial charge is 0.493 e. The normalized spacial score (nSPS) is 10.6. The highest BCUT2D eigenvalue weighted by molar-refractivity contribution is 6.29. The summed E-state index contributed by atoms with van der Waals surface area (Å²) in [7, 11) is 1.64. The van der Waals surface area contributed by atoms with Crippen LogP contribution in [0.3, 0.4) is 0 Å². The number of furan rings is 1. The number of nitrogens with zero attached hydrogens (tertiary/aromatic N) is 1. The second-order valence-corrected chi connectivity index (χ2v) is 5.93. The summed E-state index contributed by atoms with van der Waals surface area (Å²) in [6, 6.07) is 13.5. The van der Waals surface area contributed by atoms with Crippen LogP contribution >= 0.6 is 11.6 Å². The van der Waals surface area contributed by atoms with E-state index in [9.17, 15) is 0 Å². The van der Waals surface area contributed by atoms with Crippen LogP contribution in [-0.2, 0) is 19.7 Å². The van der Waals surface area contributed by atoms with Crippen LogP contribution in [-0.4, -0.2) is 12.1 Å². The number of benzene rings is 1. The smallest absolute Gasteiger partial charge is 0.161 e. The maximum atomic E-state index is 5.84. The third-order valence-electron chi connectivity index (χ3n) is 3.72. The van der Waals surface area contributed by atoms with Gasteiger partial charge >= 0.3 is 0 Å². The Morgan fingerprint density at radius 2 is 1.96 bits per heavy atom. The standard InChI is InChI=1S/C19H19ClN2O3/c1-23-18-9-14(10-21-12-16-3-2-8-24-16)4-6-17(18)25-13-15-5-7-19(20)22-11-15/h2-9,11,21H,10,12-13H2,1H3/p+1. The first kappa shape index (κ1) is 17.3. The van der Waals surface area contributed by atoms with Crippen LogP contribution in [0.5, 0.6) is 11.5 Å². The molecule has 0 aliphatic carbocycles. The predicted octanol–water partition coefficient (Wildman–Crippen LogP) is 3.18. The number of aromatic nitrogens is 1. The summed E-state index contributed by atoms with van der Waals surface area (Å²) >= 11 is 5.79. The van der Waals surface area contributed by atoms with Crippen molar-refractivity contribution < 1.29 is 19.2 Å². The summed E-state index contributed by atoms with van der Waals surface area (Å²) in [5.41, 5.74) is 2.10. The Bertz CT molecular complexity index is 789. The number of quaternary nitrogens is 1. The highest BCUT2D eigenvalue weighted by atomic mass is 35.5. The average Bonchev–Trinajstić information content (AvgIpc) is 3.15. The van der Waals surface area contributed by atoms with Gasteiger partial charge in [0.05, 0.1) is 13.4 Å². The zero-order valence-electron chi connectivity index (χ0n) is 13.9. The minimum absolute atomic E-state index is 0.407. The predicted molar refractivity (Wildman–Crippen MR) is 94.6 cm³/mol. The topological polar surface area (TPSA) is 61.1 Å². The van der Waals surface area contributed by atoms with Crippen LogP contribution in [0.15, 0.2) is 59.3 Å². The Kier molecular flexibility index (Phi) is 5.93.